The molecule has 0 bridgehead atoms. The van der Waals surface area contributed by atoms with Crippen LogP contribution in [0.5, 0.6) is 17.2 Å². The molecule has 194 valence electrons. The van der Waals surface area contributed by atoms with Crippen molar-refractivity contribution in [2.75, 3.05) is 26.4 Å². The predicted octanol–water partition coefficient (Wildman–Crippen LogP) is 7.65. The number of amides is 1. The number of ether oxygens (including phenoxy) is 3. The van der Waals surface area contributed by atoms with Gasteiger partial charge in [0.25, 0.3) is 5.91 Å². The molecule has 1 aliphatic rings. The number of hydrogen-bond donors (Lipinski definition) is 0. The minimum absolute atomic E-state index is 0.0661. The zero-order chi connectivity index (χ0) is 25.9. The SMILES string of the molecule is CCCCCCc1ccc(OCCOc2c(Br)cc(C=C3SC(=S)N(CC)C3=O)cc2OCC)cc1. The monoisotopic (exact) mass is 591 g/mol. The second kappa shape index (κ2) is 14.6. The van der Waals surface area contributed by atoms with Gasteiger partial charge in [0.15, 0.2) is 11.5 Å². The summed E-state index contributed by atoms with van der Waals surface area (Å²) in [5, 5.41) is 0. The van der Waals surface area contributed by atoms with E-state index < -0.39 is 0 Å². The molecule has 0 saturated carbocycles. The summed E-state index contributed by atoms with van der Waals surface area (Å²) in [6.45, 7) is 7.90. The van der Waals surface area contributed by atoms with Crippen LogP contribution in [0.4, 0.5) is 0 Å². The van der Waals surface area contributed by atoms with Crippen LogP contribution in [0.15, 0.2) is 45.8 Å². The maximum atomic E-state index is 12.6. The second-order valence-corrected chi connectivity index (χ2v) is 10.9. The first-order chi connectivity index (χ1) is 17.5. The number of rotatable bonds is 14. The molecule has 1 aliphatic heterocycles. The summed E-state index contributed by atoms with van der Waals surface area (Å²) in [7, 11) is 0. The third kappa shape index (κ3) is 7.98. The molecule has 1 saturated heterocycles. The number of likely N-dealkylation sites (N-methyl/N-ethyl adjacent to an activating group) is 1. The van der Waals surface area contributed by atoms with Gasteiger partial charge in [0.2, 0.25) is 0 Å². The average molecular weight is 593 g/mol. The second-order valence-electron chi connectivity index (χ2n) is 8.34. The molecule has 0 aromatic heterocycles. The van der Waals surface area contributed by atoms with E-state index in [1.54, 1.807) is 4.90 Å². The molecule has 0 spiro atoms. The predicted molar refractivity (Wildman–Crippen MR) is 156 cm³/mol. The lowest BCUT2D eigenvalue weighted by Crippen LogP contribution is -2.27. The van der Waals surface area contributed by atoms with Crippen LogP contribution in [0.25, 0.3) is 6.08 Å². The molecule has 2 aromatic rings. The third-order valence-corrected chi connectivity index (χ3v) is 7.63. The standard InChI is InChI=1S/C28H34BrNO4S2/c1-4-7-8-9-10-20-11-13-22(14-12-20)33-15-16-34-26-23(29)17-21(18-24(26)32-6-3)19-25-27(31)30(5-2)28(35)36-25/h11-14,17-19H,4-10,15-16H2,1-3H3. The molecule has 0 N–H and O–H groups in total. The number of carbonyl (C=O) groups excluding carboxylic acids is 1. The smallest absolute Gasteiger partial charge is 0.266 e. The molecule has 3 rings (SSSR count). The number of benzene rings is 2. The quantitative estimate of drug-likeness (QED) is 0.128. The van der Waals surface area contributed by atoms with E-state index in [2.05, 4.69) is 35.0 Å². The Labute approximate surface area is 232 Å². The lowest BCUT2D eigenvalue weighted by molar-refractivity contribution is -0.121. The van der Waals surface area contributed by atoms with E-state index >= 15 is 0 Å². The van der Waals surface area contributed by atoms with Gasteiger partial charge in [-0.25, -0.2) is 0 Å². The zero-order valence-electron chi connectivity index (χ0n) is 21.2. The van der Waals surface area contributed by atoms with Crippen molar-refractivity contribution in [3.05, 3.63) is 56.9 Å². The molecule has 5 nitrogen and oxygen atoms in total. The fourth-order valence-electron chi connectivity index (χ4n) is 3.81. The van der Waals surface area contributed by atoms with E-state index in [0.717, 1.165) is 22.2 Å². The van der Waals surface area contributed by atoms with E-state index in [1.807, 2.05) is 44.2 Å². The van der Waals surface area contributed by atoms with E-state index in [9.17, 15) is 4.79 Å². The maximum absolute atomic E-state index is 12.6. The largest absolute Gasteiger partial charge is 0.490 e. The molecule has 36 heavy (non-hydrogen) atoms. The molecular weight excluding hydrogens is 558 g/mol. The number of unbranched alkanes of at least 4 members (excludes halogenated alkanes) is 3. The van der Waals surface area contributed by atoms with Crippen molar-refractivity contribution in [1.82, 2.24) is 4.90 Å². The van der Waals surface area contributed by atoms with Gasteiger partial charge in [-0.2, -0.15) is 0 Å². The fourth-order valence-corrected chi connectivity index (χ4v) is 5.77. The molecule has 0 unspecified atom stereocenters. The maximum Gasteiger partial charge on any atom is 0.266 e. The first-order valence-electron chi connectivity index (χ1n) is 12.5. The van der Waals surface area contributed by atoms with Crippen LogP contribution in [-0.2, 0) is 11.2 Å². The number of halogens is 1. The van der Waals surface area contributed by atoms with Crippen molar-refractivity contribution in [1.29, 1.82) is 0 Å². The van der Waals surface area contributed by atoms with E-state index in [-0.39, 0.29) is 5.91 Å². The average Bonchev–Trinajstić information content (AvgIpc) is 3.13. The highest BCUT2D eigenvalue weighted by Gasteiger charge is 2.30. The molecule has 1 amide bonds. The van der Waals surface area contributed by atoms with Gasteiger partial charge in [-0.3, -0.25) is 9.69 Å². The van der Waals surface area contributed by atoms with Gasteiger partial charge in [-0.05, 0) is 84.1 Å². The molecule has 1 fully saturated rings. The van der Waals surface area contributed by atoms with E-state index in [0.29, 0.717) is 47.1 Å². The van der Waals surface area contributed by atoms with Gasteiger partial charge in [0, 0.05) is 6.54 Å². The summed E-state index contributed by atoms with van der Waals surface area (Å²) in [6.07, 6.45) is 8.02. The fraction of sp³-hybridized carbons (Fsp3) is 0.429. The summed E-state index contributed by atoms with van der Waals surface area (Å²) in [4.78, 5) is 14.8. The summed E-state index contributed by atoms with van der Waals surface area (Å²) in [5.74, 6) is 1.99. The van der Waals surface area contributed by atoms with E-state index in [1.165, 1.54) is 43.0 Å². The van der Waals surface area contributed by atoms with Crippen molar-refractivity contribution in [2.24, 2.45) is 0 Å². The molecule has 0 radical (unpaired) electrons. The Balaban J connectivity index is 1.58. The van der Waals surface area contributed by atoms with Crippen molar-refractivity contribution >= 4 is 56.2 Å². The van der Waals surface area contributed by atoms with Gasteiger partial charge in [0.1, 0.15) is 23.3 Å². The van der Waals surface area contributed by atoms with Crippen molar-refractivity contribution in [3.8, 4) is 17.2 Å². The summed E-state index contributed by atoms with van der Waals surface area (Å²) in [5.41, 5.74) is 2.18. The molecule has 1 heterocycles. The van der Waals surface area contributed by atoms with Gasteiger partial charge in [-0.15, -0.1) is 0 Å². The van der Waals surface area contributed by atoms with Gasteiger partial charge in [0.05, 0.1) is 16.0 Å². The molecule has 0 aliphatic carbocycles. The van der Waals surface area contributed by atoms with E-state index in [4.69, 9.17) is 26.4 Å². The number of thiocarbonyl (C=S) groups is 1. The van der Waals surface area contributed by atoms with Crippen LogP contribution in [0.2, 0.25) is 0 Å². The van der Waals surface area contributed by atoms with Crippen LogP contribution in [0.1, 0.15) is 57.6 Å². The van der Waals surface area contributed by atoms with Crippen LogP contribution >= 0.6 is 39.9 Å². The van der Waals surface area contributed by atoms with Crippen LogP contribution in [-0.4, -0.2) is 41.5 Å². The molecule has 0 atom stereocenters. The highest BCUT2D eigenvalue weighted by molar-refractivity contribution is 9.10. The van der Waals surface area contributed by atoms with Crippen LogP contribution in [0.3, 0.4) is 0 Å². The molecular formula is C28H34BrNO4S2. The van der Waals surface area contributed by atoms with Crippen molar-refractivity contribution < 1.29 is 19.0 Å². The first-order valence-corrected chi connectivity index (χ1v) is 14.5. The van der Waals surface area contributed by atoms with Gasteiger partial charge < -0.3 is 14.2 Å². The third-order valence-electron chi connectivity index (χ3n) is 5.66. The first kappa shape index (κ1) is 28.5. The summed E-state index contributed by atoms with van der Waals surface area (Å²) >= 11 is 10.2. The lowest BCUT2D eigenvalue weighted by Gasteiger charge is -2.15. The topological polar surface area (TPSA) is 48.0 Å². The Morgan fingerprint density at radius 1 is 1.00 bits per heavy atom. The van der Waals surface area contributed by atoms with Crippen molar-refractivity contribution in [3.63, 3.8) is 0 Å². The van der Waals surface area contributed by atoms with Gasteiger partial charge in [-0.1, -0.05) is 62.3 Å². The summed E-state index contributed by atoms with van der Waals surface area (Å²) < 4.78 is 19.1. The minimum Gasteiger partial charge on any atom is -0.490 e. The number of nitrogens with zero attached hydrogens (tertiary/aromatic N) is 1. The lowest BCUT2D eigenvalue weighted by atomic mass is 10.1. The number of carbonyl (C=O) groups is 1. The summed E-state index contributed by atoms with van der Waals surface area (Å²) in [6, 6.07) is 12.1. The normalized spacial score (nSPS) is 14.6. The number of thioether (sulfide) groups is 1. The number of hydrogen-bond acceptors (Lipinski definition) is 6. The number of aryl methyl sites for hydroxylation is 1. The van der Waals surface area contributed by atoms with Crippen molar-refractivity contribution in [2.45, 2.75) is 52.9 Å². The Morgan fingerprint density at radius 3 is 2.42 bits per heavy atom. The Bertz CT molecular complexity index is 1070. The van der Waals surface area contributed by atoms with Crippen LogP contribution in [0, 0.1) is 0 Å². The minimum atomic E-state index is -0.0661. The van der Waals surface area contributed by atoms with Crippen LogP contribution < -0.4 is 14.2 Å². The highest BCUT2D eigenvalue weighted by atomic mass is 79.9. The Kier molecular flexibility index (Phi) is 11.6. The molecule has 2 aromatic carbocycles. The molecule has 8 heteroatoms. The highest BCUT2D eigenvalue weighted by Crippen LogP contribution is 2.39. The Morgan fingerprint density at radius 2 is 1.75 bits per heavy atom. The Hall–Kier alpha value is -2.03. The van der Waals surface area contributed by atoms with Gasteiger partial charge >= 0.3 is 0 Å². The zero-order valence-corrected chi connectivity index (χ0v) is 24.4.